The van der Waals surface area contributed by atoms with Crippen molar-refractivity contribution < 1.29 is 9.59 Å². The van der Waals surface area contributed by atoms with Gasteiger partial charge in [-0.05, 0) is 63.1 Å². The van der Waals surface area contributed by atoms with E-state index in [4.69, 9.17) is 0 Å². The van der Waals surface area contributed by atoms with E-state index in [1.165, 1.54) is 17.3 Å². The maximum absolute atomic E-state index is 12.4. The normalized spacial score (nSPS) is 11.2. The Morgan fingerprint density at radius 2 is 1.77 bits per heavy atom. The summed E-state index contributed by atoms with van der Waals surface area (Å²) in [4.78, 5) is 24.6. The highest BCUT2D eigenvalue weighted by molar-refractivity contribution is 7.99. The zero-order chi connectivity index (χ0) is 22.4. The Balaban J connectivity index is 1.59. The van der Waals surface area contributed by atoms with Crippen molar-refractivity contribution >= 4 is 29.3 Å². The Labute approximate surface area is 186 Å². The molecule has 1 heterocycles. The van der Waals surface area contributed by atoms with Crippen LogP contribution in [0.1, 0.15) is 43.6 Å². The summed E-state index contributed by atoms with van der Waals surface area (Å²) in [6.45, 7) is 7.89. The van der Waals surface area contributed by atoms with Crippen molar-refractivity contribution in [2.45, 2.75) is 44.8 Å². The first kappa shape index (κ1) is 22.6. The van der Waals surface area contributed by atoms with Gasteiger partial charge in [0.2, 0.25) is 5.91 Å². The lowest BCUT2D eigenvalue weighted by atomic mass is 10.1. The van der Waals surface area contributed by atoms with Crippen LogP contribution in [0, 0.1) is 0 Å². The molecule has 1 aromatic heterocycles. The summed E-state index contributed by atoms with van der Waals surface area (Å²) in [6, 6.07) is 14.9. The molecule has 162 valence electrons. The van der Waals surface area contributed by atoms with Crippen LogP contribution in [0.25, 0.3) is 5.69 Å². The van der Waals surface area contributed by atoms with Crippen LogP contribution < -0.4 is 10.6 Å². The zero-order valence-electron chi connectivity index (χ0n) is 18.2. The SMILES string of the molecule is CCc1ccccc1-n1cnnc1SCC(=O)Nc1ccc(C(=O)NC(C)(C)C)cc1. The first-order chi connectivity index (χ1) is 14.8. The van der Waals surface area contributed by atoms with Gasteiger partial charge in [-0.25, -0.2) is 0 Å². The molecule has 0 saturated carbocycles. The summed E-state index contributed by atoms with van der Waals surface area (Å²) in [5.41, 5.74) is 3.08. The average Bonchev–Trinajstić information content (AvgIpc) is 3.20. The van der Waals surface area contributed by atoms with Crippen molar-refractivity contribution in [1.29, 1.82) is 0 Å². The number of nitrogens with zero attached hydrogens (tertiary/aromatic N) is 3. The number of rotatable bonds is 7. The van der Waals surface area contributed by atoms with Crippen LogP contribution in [0.15, 0.2) is 60.0 Å². The third kappa shape index (κ3) is 6.18. The molecule has 7 nitrogen and oxygen atoms in total. The molecule has 0 fully saturated rings. The second kappa shape index (κ2) is 9.78. The number of nitrogens with one attached hydrogen (secondary N) is 2. The lowest BCUT2D eigenvalue weighted by molar-refractivity contribution is -0.113. The Hall–Kier alpha value is -3.13. The Morgan fingerprint density at radius 1 is 1.06 bits per heavy atom. The van der Waals surface area contributed by atoms with Gasteiger partial charge in [0.15, 0.2) is 5.16 Å². The molecule has 0 unspecified atom stereocenters. The Kier molecular flexibility index (Phi) is 7.12. The number of hydrogen-bond acceptors (Lipinski definition) is 5. The number of carbonyl (C=O) groups excluding carboxylic acids is 2. The summed E-state index contributed by atoms with van der Waals surface area (Å²) >= 11 is 1.32. The highest BCUT2D eigenvalue weighted by Gasteiger charge is 2.16. The van der Waals surface area contributed by atoms with E-state index in [9.17, 15) is 9.59 Å². The Bertz CT molecular complexity index is 1050. The molecule has 0 radical (unpaired) electrons. The van der Waals surface area contributed by atoms with Crippen molar-refractivity contribution in [1.82, 2.24) is 20.1 Å². The van der Waals surface area contributed by atoms with Crippen LogP contribution >= 0.6 is 11.8 Å². The van der Waals surface area contributed by atoms with Crippen LogP contribution in [0.5, 0.6) is 0 Å². The van der Waals surface area contributed by atoms with Gasteiger partial charge in [-0.1, -0.05) is 36.9 Å². The molecule has 2 amide bonds. The predicted molar refractivity (Wildman–Crippen MR) is 124 cm³/mol. The third-order valence-corrected chi connectivity index (χ3v) is 5.34. The van der Waals surface area contributed by atoms with Crippen molar-refractivity contribution in [3.8, 4) is 5.69 Å². The van der Waals surface area contributed by atoms with E-state index in [0.29, 0.717) is 16.4 Å². The fourth-order valence-corrected chi connectivity index (χ4v) is 3.70. The van der Waals surface area contributed by atoms with Gasteiger partial charge in [0.25, 0.3) is 5.91 Å². The first-order valence-corrected chi connectivity index (χ1v) is 11.1. The lowest BCUT2D eigenvalue weighted by Crippen LogP contribution is -2.40. The number of hydrogen-bond donors (Lipinski definition) is 2. The number of anilines is 1. The number of thioether (sulfide) groups is 1. The molecule has 0 aliphatic heterocycles. The minimum atomic E-state index is -0.306. The highest BCUT2D eigenvalue weighted by Crippen LogP contribution is 2.22. The number of benzene rings is 2. The number of aryl methyl sites for hydroxylation is 1. The molecule has 0 aliphatic carbocycles. The van der Waals surface area contributed by atoms with Crippen molar-refractivity contribution in [2.75, 3.05) is 11.1 Å². The van der Waals surface area contributed by atoms with Crippen LogP contribution in [0.4, 0.5) is 5.69 Å². The first-order valence-electron chi connectivity index (χ1n) is 10.1. The minimum Gasteiger partial charge on any atom is -0.347 e. The molecule has 2 aromatic carbocycles. The summed E-state index contributed by atoms with van der Waals surface area (Å²) in [5, 5.41) is 14.6. The van der Waals surface area contributed by atoms with E-state index in [0.717, 1.165) is 12.1 Å². The van der Waals surface area contributed by atoms with Crippen LogP contribution in [-0.4, -0.2) is 37.9 Å². The summed E-state index contributed by atoms with van der Waals surface area (Å²) in [7, 11) is 0. The van der Waals surface area contributed by atoms with Crippen molar-refractivity contribution in [3.05, 3.63) is 66.0 Å². The van der Waals surface area contributed by atoms with Gasteiger partial charge in [0.1, 0.15) is 6.33 Å². The van der Waals surface area contributed by atoms with E-state index in [2.05, 4.69) is 33.8 Å². The zero-order valence-corrected chi connectivity index (χ0v) is 19.0. The molecule has 3 aromatic rings. The number of amides is 2. The fourth-order valence-electron chi connectivity index (χ4n) is 2.98. The third-order valence-electron chi connectivity index (χ3n) is 4.40. The van der Waals surface area contributed by atoms with Gasteiger partial charge in [0.05, 0.1) is 11.4 Å². The lowest BCUT2D eigenvalue weighted by Gasteiger charge is -2.20. The topological polar surface area (TPSA) is 88.9 Å². The van der Waals surface area contributed by atoms with Gasteiger partial charge in [-0.3, -0.25) is 14.2 Å². The van der Waals surface area contributed by atoms with Gasteiger partial charge in [-0.2, -0.15) is 0 Å². The highest BCUT2D eigenvalue weighted by atomic mass is 32.2. The van der Waals surface area contributed by atoms with Gasteiger partial charge >= 0.3 is 0 Å². The quantitative estimate of drug-likeness (QED) is 0.544. The minimum absolute atomic E-state index is 0.146. The maximum atomic E-state index is 12.4. The van der Waals surface area contributed by atoms with Crippen LogP contribution in [0.2, 0.25) is 0 Å². The number of para-hydroxylation sites is 1. The van der Waals surface area contributed by atoms with Crippen molar-refractivity contribution in [2.24, 2.45) is 0 Å². The molecule has 8 heteroatoms. The summed E-state index contributed by atoms with van der Waals surface area (Å²) in [6.07, 6.45) is 2.55. The molecular weight excluding hydrogens is 410 g/mol. The van der Waals surface area contributed by atoms with E-state index >= 15 is 0 Å². The second-order valence-corrected chi connectivity index (χ2v) is 9.03. The van der Waals surface area contributed by atoms with Crippen LogP contribution in [-0.2, 0) is 11.2 Å². The molecule has 0 bridgehead atoms. The molecule has 0 saturated heterocycles. The smallest absolute Gasteiger partial charge is 0.251 e. The molecular formula is C23H27N5O2S. The molecule has 0 atom stereocenters. The van der Waals surface area contributed by atoms with Crippen LogP contribution in [0.3, 0.4) is 0 Å². The van der Waals surface area contributed by atoms with E-state index < -0.39 is 0 Å². The second-order valence-electron chi connectivity index (χ2n) is 8.08. The Morgan fingerprint density at radius 3 is 2.45 bits per heavy atom. The monoisotopic (exact) mass is 437 g/mol. The molecule has 2 N–H and O–H groups in total. The van der Waals surface area contributed by atoms with E-state index in [1.807, 2.05) is 43.5 Å². The number of aromatic nitrogens is 3. The average molecular weight is 438 g/mol. The summed E-state index contributed by atoms with van der Waals surface area (Å²) < 4.78 is 1.90. The van der Waals surface area contributed by atoms with Gasteiger partial charge < -0.3 is 10.6 Å². The molecule has 3 rings (SSSR count). The molecule has 0 aliphatic rings. The largest absolute Gasteiger partial charge is 0.347 e. The van der Waals surface area contributed by atoms with Gasteiger partial charge in [-0.15, -0.1) is 10.2 Å². The predicted octanol–water partition coefficient (Wildman–Crippen LogP) is 4.09. The van der Waals surface area contributed by atoms with E-state index in [-0.39, 0.29) is 23.1 Å². The standard InChI is InChI=1S/C23H27N5O2S/c1-5-16-8-6-7-9-19(16)28-15-24-27-22(28)31-14-20(29)25-18-12-10-17(11-13-18)21(30)26-23(2,3)4/h6-13,15H,5,14H2,1-4H3,(H,25,29)(H,26,30). The molecule has 31 heavy (non-hydrogen) atoms. The fraction of sp³-hybridized carbons (Fsp3) is 0.304. The maximum Gasteiger partial charge on any atom is 0.251 e. The van der Waals surface area contributed by atoms with Gasteiger partial charge in [0, 0.05) is 16.8 Å². The molecule has 0 spiro atoms. The number of carbonyl (C=O) groups is 2. The van der Waals surface area contributed by atoms with E-state index in [1.54, 1.807) is 30.6 Å². The summed E-state index contributed by atoms with van der Waals surface area (Å²) in [5.74, 6) is -0.109. The van der Waals surface area contributed by atoms with Crippen molar-refractivity contribution in [3.63, 3.8) is 0 Å².